The van der Waals surface area contributed by atoms with Crippen molar-refractivity contribution in [1.82, 2.24) is 0 Å². The van der Waals surface area contributed by atoms with Crippen molar-refractivity contribution in [2.24, 2.45) is 17.8 Å². The van der Waals surface area contributed by atoms with Gasteiger partial charge < -0.3 is 14.2 Å². The van der Waals surface area contributed by atoms with Gasteiger partial charge in [0, 0.05) is 27.9 Å². The minimum Gasteiger partial charge on any atom is -0.384 e. The molecule has 0 aromatic carbocycles. The zero-order chi connectivity index (χ0) is 28.5. The Bertz CT molecular complexity index is 291. The Kier molecular flexibility index (Phi) is 52.6. The number of ether oxygens (including phenoxy) is 3. The first kappa shape index (κ1) is 44.8. The SMILES string of the molecule is CCC(C)CC.CCC(C)COC.CCCC(C)CC.CCCCCCC(C)OC.COC(C)C. The van der Waals surface area contributed by atoms with Crippen LogP contribution in [0.1, 0.15) is 154 Å². The van der Waals surface area contributed by atoms with Gasteiger partial charge in [0.25, 0.3) is 0 Å². The quantitative estimate of drug-likeness (QED) is 0.207. The summed E-state index contributed by atoms with van der Waals surface area (Å²) in [4.78, 5) is 0. The third-order valence-electron chi connectivity index (χ3n) is 6.36. The molecule has 0 aromatic rings. The maximum absolute atomic E-state index is 5.13. The van der Waals surface area contributed by atoms with E-state index in [0.717, 1.165) is 24.4 Å². The number of rotatable bonds is 15. The zero-order valence-corrected chi connectivity index (χ0v) is 27.6. The van der Waals surface area contributed by atoms with Crippen molar-refractivity contribution >= 4 is 0 Å². The van der Waals surface area contributed by atoms with Gasteiger partial charge >= 0.3 is 0 Å². The number of hydrogen-bond donors (Lipinski definition) is 0. The molecule has 0 spiro atoms. The molecule has 3 nitrogen and oxygen atoms in total. The molecule has 0 radical (unpaired) electrons. The third kappa shape index (κ3) is 60.4. The molecule has 0 amide bonds. The predicted molar refractivity (Wildman–Crippen MR) is 163 cm³/mol. The van der Waals surface area contributed by atoms with Crippen LogP contribution in [0.3, 0.4) is 0 Å². The normalized spacial score (nSPS) is 12.6. The van der Waals surface area contributed by atoms with E-state index >= 15 is 0 Å². The summed E-state index contributed by atoms with van der Waals surface area (Å²) in [6.45, 7) is 27.2. The molecule has 0 saturated carbocycles. The number of hydrogen-bond acceptors (Lipinski definition) is 3. The van der Waals surface area contributed by atoms with Crippen molar-refractivity contribution in [3.8, 4) is 0 Å². The Hall–Kier alpha value is -0.120. The van der Waals surface area contributed by atoms with Gasteiger partial charge in [-0.15, -0.1) is 0 Å². The van der Waals surface area contributed by atoms with Crippen LogP contribution in [0, 0.1) is 17.8 Å². The summed E-state index contributed by atoms with van der Waals surface area (Å²) in [5, 5.41) is 0. The molecule has 3 atom stereocenters. The van der Waals surface area contributed by atoms with E-state index < -0.39 is 0 Å². The molecule has 0 N–H and O–H groups in total. The summed E-state index contributed by atoms with van der Waals surface area (Å²) < 4.78 is 14.8. The van der Waals surface area contributed by atoms with Crippen LogP contribution in [-0.2, 0) is 14.2 Å². The van der Waals surface area contributed by atoms with Gasteiger partial charge in [0.15, 0.2) is 0 Å². The molecule has 0 aliphatic heterocycles. The van der Waals surface area contributed by atoms with Crippen molar-refractivity contribution in [3.05, 3.63) is 0 Å². The summed E-state index contributed by atoms with van der Waals surface area (Å²) in [5.74, 6) is 2.61. The van der Waals surface area contributed by atoms with Gasteiger partial charge in [-0.2, -0.15) is 0 Å². The van der Waals surface area contributed by atoms with Gasteiger partial charge in [-0.05, 0) is 44.9 Å². The second-order valence-electron chi connectivity index (χ2n) is 10.4. The minimum absolute atomic E-state index is 0.384. The molecule has 220 valence electrons. The number of unbranched alkanes of at least 4 members (excludes halogenated alkanes) is 3. The molecule has 0 bridgehead atoms. The summed E-state index contributed by atoms with van der Waals surface area (Å²) >= 11 is 0. The van der Waals surface area contributed by atoms with Gasteiger partial charge in [-0.25, -0.2) is 0 Å². The van der Waals surface area contributed by atoms with E-state index in [2.05, 4.69) is 69.2 Å². The maximum atomic E-state index is 5.13. The molecule has 0 heterocycles. The summed E-state index contributed by atoms with van der Waals surface area (Å²) in [6, 6.07) is 0. The zero-order valence-electron chi connectivity index (χ0n) is 27.6. The van der Waals surface area contributed by atoms with Gasteiger partial charge in [0.2, 0.25) is 0 Å². The van der Waals surface area contributed by atoms with Crippen LogP contribution in [0.25, 0.3) is 0 Å². The highest BCUT2D eigenvalue weighted by Gasteiger charge is 1.97. The first-order valence-electron chi connectivity index (χ1n) is 15.0. The summed E-state index contributed by atoms with van der Waals surface area (Å²) in [6.07, 6.45) is 15.4. The van der Waals surface area contributed by atoms with Crippen molar-refractivity contribution in [1.29, 1.82) is 0 Å². The fraction of sp³-hybridized carbons (Fsp3) is 1.00. The van der Waals surface area contributed by atoms with E-state index in [4.69, 9.17) is 14.2 Å². The average Bonchev–Trinajstić information content (AvgIpc) is 2.87. The van der Waals surface area contributed by atoms with Gasteiger partial charge in [-0.1, -0.05) is 127 Å². The monoisotopic (exact) mass is 507 g/mol. The molecule has 0 aromatic heterocycles. The lowest BCUT2D eigenvalue weighted by Gasteiger charge is -2.07. The summed E-state index contributed by atoms with van der Waals surface area (Å²) in [7, 11) is 5.22. The Morgan fingerprint density at radius 1 is 0.486 bits per heavy atom. The van der Waals surface area contributed by atoms with Crippen molar-refractivity contribution < 1.29 is 14.2 Å². The highest BCUT2D eigenvalue weighted by Crippen LogP contribution is 2.07. The molecule has 0 aliphatic rings. The van der Waals surface area contributed by atoms with Crippen LogP contribution in [0.2, 0.25) is 0 Å². The average molecular weight is 507 g/mol. The molecule has 0 saturated heterocycles. The molecular formula is C32H74O3. The standard InChI is InChI=1S/C9H20O.C7H16.C6H14O.C6H14.C4H10O/c1-4-5-6-7-8-9(2)10-3;1-4-6-7(3)5-2;1-4-6(2)5-7-3;1-4-6(3)5-2;1-4(2)5-3/h9H,4-8H2,1-3H3;7H,4-6H2,1-3H3;6H,4-5H2,1-3H3;6H,4-5H2,1-3H3;4H,1-3H3. The molecule has 3 heteroatoms. The van der Waals surface area contributed by atoms with E-state index in [1.165, 1.54) is 70.6 Å². The lowest BCUT2D eigenvalue weighted by molar-refractivity contribution is 0.108. The maximum Gasteiger partial charge on any atom is 0.0543 e. The van der Waals surface area contributed by atoms with Crippen LogP contribution in [0.15, 0.2) is 0 Å². The van der Waals surface area contributed by atoms with E-state index in [9.17, 15) is 0 Å². The smallest absolute Gasteiger partial charge is 0.0543 e. The Labute approximate surface area is 225 Å². The molecule has 0 aliphatic carbocycles. The van der Waals surface area contributed by atoms with Crippen LogP contribution >= 0.6 is 0 Å². The second-order valence-corrected chi connectivity index (χ2v) is 10.4. The van der Waals surface area contributed by atoms with Gasteiger partial charge in [0.1, 0.15) is 0 Å². The van der Waals surface area contributed by atoms with Crippen molar-refractivity contribution in [3.63, 3.8) is 0 Å². The fourth-order valence-electron chi connectivity index (χ4n) is 2.36. The lowest BCUT2D eigenvalue weighted by atomic mass is 10.0. The molecular weight excluding hydrogens is 432 g/mol. The van der Waals surface area contributed by atoms with Crippen LogP contribution in [0.5, 0.6) is 0 Å². The van der Waals surface area contributed by atoms with Crippen LogP contribution < -0.4 is 0 Å². The molecule has 35 heavy (non-hydrogen) atoms. The van der Waals surface area contributed by atoms with Crippen molar-refractivity contribution in [2.75, 3.05) is 27.9 Å². The highest BCUT2D eigenvalue weighted by molar-refractivity contribution is 4.49. The predicted octanol–water partition coefficient (Wildman–Crippen LogP) is 11.0. The third-order valence-corrected chi connectivity index (χ3v) is 6.36. The molecule has 3 unspecified atom stereocenters. The first-order valence-corrected chi connectivity index (χ1v) is 15.0. The Morgan fingerprint density at radius 3 is 1.14 bits per heavy atom. The highest BCUT2D eigenvalue weighted by atomic mass is 16.5. The molecule has 0 fully saturated rings. The largest absolute Gasteiger partial charge is 0.384 e. The summed E-state index contributed by atoms with van der Waals surface area (Å²) in [5.41, 5.74) is 0. The Morgan fingerprint density at radius 2 is 0.943 bits per heavy atom. The van der Waals surface area contributed by atoms with E-state index in [0.29, 0.717) is 12.2 Å². The topological polar surface area (TPSA) is 27.7 Å². The van der Waals surface area contributed by atoms with Gasteiger partial charge in [-0.3, -0.25) is 0 Å². The number of methoxy groups -OCH3 is 3. The van der Waals surface area contributed by atoms with Crippen LogP contribution in [0.4, 0.5) is 0 Å². The first-order chi connectivity index (χ1) is 16.5. The Balaban J connectivity index is -0.000000109. The van der Waals surface area contributed by atoms with E-state index in [-0.39, 0.29) is 0 Å². The molecule has 0 rings (SSSR count). The lowest BCUT2D eigenvalue weighted by Crippen LogP contribution is -2.03. The van der Waals surface area contributed by atoms with Crippen molar-refractivity contribution in [2.45, 2.75) is 166 Å². The van der Waals surface area contributed by atoms with E-state index in [1.807, 2.05) is 13.8 Å². The minimum atomic E-state index is 0.384. The van der Waals surface area contributed by atoms with E-state index in [1.54, 1.807) is 21.3 Å². The second kappa shape index (κ2) is 41.0. The van der Waals surface area contributed by atoms with Gasteiger partial charge in [0.05, 0.1) is 12.2 Å². The fourth-order valence-corrected chi connectivity index (χ4v) is 2.36. The van der Waals surface area contributed by atoms with Crippen LogP contribution in [-0.4, -0.2) is 40.1 Å².